The summed E-state index contributed by atoms with van der Waals surface area (Å²) in [5.74, 6) is 2.69. The Labute approximate surface area is 159 Å². The van der Waals surface area contributed by atoms with Gasteiger partial charge in [-0.2, -0.15) is 5.10 Å². The van der Waals surface area contributed by atoms with Gasteiger partial charge in [-0.1, -0.05) is 18.2 Å². The van der Waals surface area contributed by atoms with Crippen molar-refractivity contribution in [2.45, 2.75) is 26.2 Å². The van der Waals surface area contributed by atoms with Crippen LogP contribution in [-0.2, 0) is 6.42 Å². The van der Waals surface area contributed by atoms with Crippen molar-refractivity contribution < 1.29 is 9.47 Å². The average Bonchev–Trinajstić information content (AvgIpc) is 2.88. The van der Waals surface area contributed by atoms with E-state index in [0.717, 1.165) is 60.1 Å². The van der Waals surface area contributed by atoms with Crippen molar-refractivity contribution in [1.82, 2.24) is 9.78 Å². The van der Waals surface area contributed by atoms with Gasteiger partial charge in [0.05, 0.1) is 19.9 Å². The van der Waals surface area contributed by atoms with Crippen molar-refractivity contribution in [3.63, 3.8) is 0 Å². The second-order valence-electron chi connectivity index (χ2n) is 6.82. The lowest BCUT2D eigenvalue weighted by atomic mass is 10.0. The molecule has 0 spiro atoms. The molecule has 2 aromatic carbocycles. The van der Waals surface area contributed by atoms with Crippen LogP contribution in [0.25, 0.3) is 16.9 Å². The minimum Gasteiger partial charge on any atom is -0.497 e. The molecule has 1 aliphatic heterocycles. The number of para-hydroxylation sites is 1. The van der Waals surface area contributed by atoms with Crippen LogP contribution in [0.3, 0.4) is 0 Å². The Morgan fingerprint density at radius 1 is 1.04 bits per heavy atom. The molecule has 140 valence electrons. The van der Waals surface area contributed by atoms with Crippen LogP contribution < -0.4 is 14.8 Å². The van der Waals surface area contributed by atoms with Gasteiger partial charge in [0.15, 0.2) is 0 Å². The number of benzene rings is 2. The van der Waals surface area contributed by atoms with Gasteiger partial charge in [0.2, 0.25) is 0 Å². The van der Waals surface area contributed by atoms with Crippen LogP contribution in [0.5, 0.6) is 11.5 Å². The first kappa shape index (κ1) is 17.5. The van der Waals surface area contributed by atoms with Gasteiger partial charge < -0.3 is 14.8 Å². The molecule has 3 aromatic rings. The summed E-state index contributed by atoms with van der Waals surface area (Å²) < 4.78 is 13.1. The van der Waals surface area contributed by atoms with Crippen molar-refractivity contribution in [3.8, 4) is 28.4 Å². The van der Waals surface area contributed by atoms with E-state index in [-0.39, 0.29) is 0 Å². The van der Waals surface area contributed by atoms with E-state index in [1.54, 1.807) is 14.2 Å². The van der Waals surface area contributed by atoms with Crippen molar-refractivity contribution in [1.29, 1.82) is 0 Å². The quantitative estimate of drug-likeness (QED) is 0.735. The largest absolute Gasteiger partial charge is 0.497 e. The predicted molar refractivity (Wildman–Crippen MR) is 108 cm³/mol. The lowest BCUT2D eigenvalue weighted by Gasteiger charge is -2.11. The molecule has 27 heavy (non-hydrogen) atoms. The number of fused-ring (bicyclic) bond motifs is 1. The van der Waals surface area contributed by atoms with Crippen LogP contribution in [0, 0.1) is 6.92 Å². The molecule has 0 saturated heterocycles. The monoisotopic (exact) mass is 363 g/mol. The first-order chi connectivity index (χ1) is 13.2. The number of ether oxygens (including phenoxy) is 2. The van der Waals surface area contributed by atoms with Crippen molar-refractivity contribution in [2.24, 2.45) is 0 Å². The minimum absolute atomic E-state index is 0.798. The maximum absolute atomic E-state index is 5.63. The SMILES string of the molecule is COc1ccc(OC)c(-c2nn(-c3ccccc3C)c3c2CCCCN3)c1. The van der Waals surface area contributed by atoms with Crippen LogP contribution in [0.1, 0.15) is 24.0 Å². The number of aromatic nitrogens is 2. The molecule has 1 aromatic heterocycles. The van der Waals surface area contributed by atoms with E-state index in [0.29, 0.717) is 0 Å². The molecule has 0 aliphatic carbocycles. The maximum Gasteiger partial charge on any atom is 0.133 e. The lowest BCUT2D eigenvalue weighted by Crippen LogP contribution is -2.08. The van der Waals surface area contributed by atoms with Gasteiger partial charge in [-0.25, -0.2) is 4.68 Å². The van der Waals surface area contributed by atoms with Crippen LogP contribution in [-0.4, -0.2) is 30.5 Å². The van der Waals surface area contributed by atoms with Gasteiger partial charge in [0.25, 0.3) is 0 Å². The summed E-state index contributed by atoms with van der Waals surface area (Å²) in [7, 11) is 3.38. The molecule has 0 radical (unpaired) electrons. The summed E-state index contributed by atoms with van der Waals surface area (Å²) in [5.41, 5.74) is 5.44. The van der Waals surface area contributed by atoms with E-state index < -0.39 is 0 Å². The van der Waals surface area contributed by atoms with Gasteiger partial charge in [-0.05, 0) is 56.0 Å². The van der Waals surface area contributed by atoms with Gasteiger partial charge >= 0.3 is 0 Å². The number of hydrogen-bond donors (Lipinski definition) is 1. The second-order valence-corrected chi connectivity index (χ2v) is 6.82. The topological polar surface area (TPSA) is 48.3 Å². The zero-order valence-electron chi connectivity index (χ0n) is 16.1. The van der Waals surface area contributed by atoms with Crippen molar-refractivity contribution >= 4 is 5.82 Å². The zero-order valence-corrected chi connectivity index (χ0v) is 16.1. The zero-order chi connectivity index (χ0) is 18.8. The summed E-state index contributed by atoms with van der Waals surface area (Å²) in [5, 5.41) is 8.64. The van der Waals surface area contributed by atoms with Gasteiger partial charge in [0, 0.05) is 17.7 Å². The highest BCUT2D eigenvalue weighted by molar-refractivity contribution is 5.77. The van der Waals surface area contributed by atoms with E-state index in [1.165, 1.54) is 11.1 Å². The molecular weight excluding hydrogens is 338 g/mol. The average molecular weight is 363 g/mol. The summed E-state index contributed by atoms with van der Waals surface area (Å²) in [6.07, 6.45) is 3.28. The molecule has 2 heterocycles. The number of hydrogen-bond acceptors (Lipinski definition) is 4. The molecule has 0 saturated carbocycles. The van der Waals surface area contributed by atoms with Crippen LogP contribution in [0.4, 0.5) is 5.82 Å². The molecule has 5 nitrogen and oxygen atoms in total. The molecule has 0 bridgehead atoms. The molecule has 4 rings (SSSR count). The van der Waals surface area contributed by atoms with Crippen molar-refractivity contribution in [3.05, 3.63) is 53.6 Å². The number of nitrogens with zero attached hydrogens (tertiary/aromatic N) is 2. The third-order valence-electron chi connectivity index (χ3n) is 5.13. The minimum atomic E-state index is 0.798. The summed E-state index contributed by atoms with van der Waals surface area (Å²) in [4.78, 5) is 0. The Balaban J connectivity index is 1.96. The van der Waals surface area contributed by atoms with Crippen LogP contribution >= 0.6 is 0 Å². The smallest absolute Gasteiger partial charge is 0.133 e. The molecule has 0 atom stereocenters. The third-order valence-corrected chi connectivity index (χ3v) is 5.13. The Morgan fingerprint density at radius 2 is 1.89 bits per heavy atom. The number of aryl methyl sites for hydroxylation is 1. The first-order valence-corrected chi connectivity index (χ1v) is 9.37. The number of rotatable bonds is 4. The summed E-state index contributed by atoms with van der Waals surface area (Å²) in [6.45, 7) is 3.07. The fourth-order valence-electron chi connectivity index (χ4n) is 3.69. The molecule has 0 amide bonds. The number of anilines is 1. The van der Waals surface area contributed by atoms with E-state index in [9.17, 15) is 0 Å². The highest BCUT2D eigenvalue weighted by Gasteiger charge is 2.24. The van der Waals surface area contributed by atoms with E-state index in [4.69, 9.17) is 14.6 Å². The Kier molecular flexibility index (Phi) is 4.75. The first-order valence-electron chi connectivity index (χ1n) is 9.37. The van der Waals surface area contributed by atoms with Crippen molar-refractivity contribution in [2.75, 3.05) is 26.1 Å². The highest BCUT2D eigenvalue weighted by Crippen LogP contribution is 2.39. The molecule has 5 heteroatoms. The van der Waals surface area contributed by atoms with E-state index in [1.807, 2.05) is 22.9 Å². The number of methoxy groups -OCH3 is 2. The number of nitrogens with one attached hydrogen (secondary N) is 1. The summed E-state index contributed by atoms with van der Waals surface area (Å²) in [6, 6.07) is 14.2. The lowest BCUT2D eigenvalue weighted by molar-refractivity contribution is 0.404. The van der Waals surface area contributed by atoms with Gasteiger partial charge in [-0.15, -0.1) is 0 Å². The fraction of sp³-hybridized carbons (Fsp3) is 0.318. The maximum atomic E-state index is 5.63. The molecule has 0 fully saturated rings. The third kappa shape index (κ3) is 3.14. The standard InChI is InChI=1S/C22H25N3O2/c1-15-8-4-5-10-19(15)25-22-17(9-6-7-13-23-22)21(24-25)18-14-16(26-2)11-12-20(18)27-3/h4-5,8,10-12,14,23H,6-7,9,13H2,1-3H3. The fourth-order valence-corrected chi connectivity index (χ4v) is 3.69. The molecule has 0 unspecified atom stereocenters. The van der Waals surface area contributed by atoms with Gasteiger partial charge in [0.1, 0.15) is 23.0 Å². The van der Waals surface area contributed by atoms with E-state index in [2.05, 4.69) is 36.5 Å². The Bertz CT molecular complexity index is 962. The predicted octanol–water partition coefficient (Wildman–Crippen LogP) is 4.61. The Morgan fingerprint density at radius 3 is 2.67 bits per heavy atom. The Hall–Kier alpha value is -2.95. The van der Waals surface area contributed by atoms with E-state index >= 15 is 0 Å². The highest BCUT2D eigenvalue weighted by atomic mass is 16.5. The van der Waals surface area contributed by atoms with Gasteiger partial charge in [-0.3, -0.25) is 0 Å². The molecule has 1 N–H and O–H groups in total. The van der Waals surface area contributed by atoms with Crippen LogP contribution in [0.2, 0.25) is 0 Å². The normalized spacial score (nSPS) is 13.4. The van der Waals surface area contributed by atoms with Crippen LogP contribution in [0.15, 0.2) is 42.5 Å². The molecular formula is C22H25N3O2. The molecule has 1 aliphatic rings. The summed E-state index contributed by atoms with van der Waals surface area (Å²) >= 11 is 0. The second kappa shape index (κ2) is 7.35.